The zero-order valence-corrected chi connectivity index (χ0v) is 21.5. The number of nitrogens with zero attached hydrogens (tertiary/aromatic N) is 3. The first-order chi connectivity index (χ1) is 17.2. The fourth-order valence-corrected chi connectivity index (χ4v) is 3.44. The first-order valence-electron chi connectivity index (χ1n) is 11.4. The maximum Gasteiger partial charge on any atom is 0.323 e. The van der Waals surface area contributed by atoms with Crippen LogP contribution >= 0.6 is 11.8 Å². The molecule has 0 aromatic carbocycles. The van der Waals surface area contributed by atoms with E-state index in [1.165, 1.54) is 11.8 Å². The number of carbonyl (C=O) groups is 4. The molecule has 1 heterocycles. The molecule has 0 spiro atoms. The van der Waals surface area contributed by atoms with E-state index in [-0.39, 0.29) is 62.2 Å². The highest BCUT2D eigenvalue weighted by molar-refractivity contribution is 8.13. The molecule has 0 aromatic rings. The molecule has 1 aliphatic rings. The fourth-order valence-electron chi connectivity index (χ4n) is 2.84. The van der Waals surface area contributed by atoms with Crippen LogP contribution in [0.2, 0.25) is 0 Å². The molecule has 0 radical (unpaired) electrons. The third-order valence-corrected chi connectivity index (χ3v) is 5.49. The smallest absolute Gasteiger partial charge is 0.323 e. The van der Waals surface area contributed by atoms with Gasteiger partial charge in [-0.05, 0) is 38.8 Å². The average molecular weight is 541 g/mol. The van der Waals surface area contributed by atoms with Crippen LogP contribution in [0.4, 0.5) is 0 Å². The van der Waals surface area contributed by atoms with Gasteiger partial charge in [0.15, 0.2) is 0 Å². The average Bonchev–Trinajstić information content (AvgIpc) is 3.34. The van der Waals surface area contributed by atoms with Crippen LogP contribution in [0.5, 0.6) is 0 Å². The maximum absolute atomic E-state index is 11.7. The Morgan fingerprint density at radius 3 is 2.22 bits per heavy atom. The molecule has 36 heavy (non-hydrogen) atoms. The zero-order valence-electron chi connectivity index (χ0n) is 20.7. The number of likely N-dealkylation sites (tertiary alicyclic amines) is 1. The van der Waals surface area contributed by atoms with Gasteiger partial charge in [0.1, 0.15) is 12.8 Å². The summed E-state index contributed by atoms with van der Waals surface area (Å²) in [6.07, 6.45) is 3.45. The van der Waals surface area contributed by atoms with Gasteiger partial charge in [0.05, 0.1) is 26.4 Å². The van der Waals surface area contributed by atoms with E-state index in [9.17, 15) is 34.6 Å². The second-order valence-electron chi connectivity index (χ2n) is 7.02. The van der Waals surface area contributed by atoms with E-state index in [1.807, 2.05) is 20.6 Å². The summed E-state index contributed by atoms with van der Waals surface area (Å²) in [5.74, 6) is 0.207. The molecule has 1 saturated heterocycles. The summed E-state index contributed by atoms with van der Waals surface area (Å²) < 4.78 is 5.06. The Balaban J connectivity index is 0. The molecule has 16 heteroatoms. The van der Waals surface area contributed by atoms with Crippen molar-refractivity contribution in [2.45, 2.75) is 58.4 Å². The van der Waals surface area contributed by atoms with Crippen LogP contribution in [0.15, 0.2) is 0 Å². The van der Waals surface area contributed by atoms with Crippen molar-refractivity contribution >= 4 is 35.5 Å². The Morgan fingerprint density at radius 2 is 1.67 bits per heavy atom. The van der Waals surface area contributed by atoms with E-state index in [1.54, 1.807) is 0 Å². The minimum atomic E-state index is -0.900. The zero-order chi connectivity index (χ0) is 27.8. The third kappa shape index (κ3) is 20.4. The third-order valence-electron chi connectivity index (χ3n) is 4.41. The van der Waals surface area contributed by atoms with E-state index in [0.717, 1.165) is 38.1 Å². The molecule has 0 saturated carbocycles. The lowest BCUT2D eigenvalue weighted by Gasteiger charge is -2.20. The summed E-state index contributed by atoms with van der Waals surface area (Å²) in [4.78, 5) is 71.9. The number of esters is 1. The lowest BCUT2D eigenvalue weighted by atomic mass is 10.2. The summed E-state index contributed by atoms with van der Waals surface area (Å²) in [6, 6.07) is -0.142. The van der Waals surface area contributed by atoms with Crippen LogP contribution in [-0.4, -0.2) is 90.1 Å². The molecule has 0 aromatic heterocycles. The van der Waals surface area contributed by atoms with E-state index in [2.05, 4.69) is 19.9 Å². The Morgan fingerprint density at radius 1 is 1.06 bits per heavy atom. The SMILES string of the molecule is C=O.CCCSC(=O)CNC(=O)CCCO[N+](=O)[O-].CCN1CCC[C@H]1C(=O)OCCCO[N+](=O)[O-]. The first kappa shape index (κ1) is 35.2. The van der Waals surface area contributed by atoms with Gasteiger partial charge in [-0.25, -0.2) is 0 Å². The summed E-state index contributed by atoms with van der Waals surface area (Å²) in [6.45, 7) is 7.76. The molecule has 1 N–H and O–H groups in total. The highest BCUT2D eigenvalue weighted by Gasteiger charge is 2.30. The quantitative estimate of drug-likeness (QED) is 0.127. The number of thioether (sulfide) groups is 1. The Kier molecular flexibility index (Phi) is 23.2. The van der Waals surface area contributed by atoms with E-state index in [0.29, 0.717) is 6.42 Å². The largest absolute Gasteiger partial charge is 0.464 e. The summed E-state index contributed by atoms with van der Waals surface area (Å²) >= 11 is 1.18. The van der Waals surface area contributed by atoms with Crippen molar-refractivity contribution < 1.29 is 43.8 Å². The Labute approximate surface area is 213 Å². The van der Waals surface area contributed by atoms with Gasteiger partial charge < -0.3 is 24.5 Å². The molecule has 1 rings (SSSR count). The van der Waals surface area contributed by atoms with Crippen molar-refractivity contribution in [2.24, 2.45) is 0 Å². The Bertz CT molecular complexity index is 670. The van der Waals surface area contributed by atoms with Crippen LogP contribution in [-0.2, 0) is 33.6 Å². The molecule has 0 bridgehead atoms. The summed E-state index contributed by atoms with van der Waals surface area (Å²) in [5.41, 5.74) is 0. The summed E-state index contributed by atoms with van der Waals surface area (Å²) in [5, 5.41) is 20.3. The molecule has 1 amide bonds. The van der Waals surface area contributed by atoms with Crippen molar-refractivity contribution in [3.05, 3.63) is 20.2 Å². The van der Waals surface area contributed by atoms with Crippen molar-refractivity contribution in [1.29, 1.82) is 0 Å². The highest BCUT2D eigenvalue weighted by atomic mass is 32.2. The van der Waals surface area contributed by atoms with Crippen LogP contribution < -0.4 is 5.32 Å². The number of rotatable bonds is 16. The van der Waals surface area contributed by atoms with Crippen molar-refractivity contribution in [2.75, 3.05) is 45.2 Å². The number of amides is 1. The van der Waals surface area contributed by atoms with Crippen LogP contribution in [0, 0.1) is 20.2 Å². The predicted molar refractivity (Wildman–Crippen MR) is 129 cm³/mol. The van der Waals surface area contributed by atoms with Crippen molar-refractivity contribution in [1.82, 2.24) is 10.2 Å². The lowest BCUT2D eigenvalue weighted by Crippen LogP contribution is -2.37. The topological polar surface area (TPSA) is 198 Å². The van der Waals surface area contributed by atoms with Gasteiger partial charge in [-0.1, -0.05) is 25.6 Å². The number of hydrogen-bond acceptors (Lipinski definition) is 13. The minimum Gasteiger partial charge on any atom is -0.464 e. The second-order valence-corrected chi connectivity index (χ2v) is 8.17. The maximum atomic E-state index is 11.7. The molecule has 1 aliphatic heterocycles. The molecule has 0 aliphatic carbocycles. The van der Waals surface area contributed by atoms with Gasteiger partial charge in [-0.2, -0.15) is 0 Å². The Hall–Kier alpha value is -3.01. The molecule has 1 fully saturated rings. The molecular formula is C20H36N4O11S. The van der Waals surface area contributed by atoms with Crippen molar-refractivity contribution in [3.8, 4) is 0 Å². The number of carbonyl (C=O) groups excluding carboxylic acids is 4. The van der Waals surface area contributed by atoms with Gasteiger partial charge in [-0.3, -0.25) is 19.3 Å². The fraction of sp³-hybridized carbons (Fsp3) is 0.800. The van der Waals surface area contributed by atoms with Crippen molar-refractivity contribution in [3.63, 3.8) is 0 Å². The number of hydrogen-bond donors (Lipinski definition) is 1. The van der Waals surface area contributed by atoms with E-state index < -0.39 is 10.2 Å². The normalized spacial score (nSPS) is 14.2. The van der Waals surface area contributed by atoms with Gasteiger partial charge in [0.25, 0.3) is 10.2 Å². The van der Waals surface area contributed by atoms with Gasteiger partial charge in [0.2, 0.25) is 11.0 Å². The van der Waals surface area contributed by atoms with Crippen LogP contribution in [0.25, 0.3) is 0 Å². The van der Waals surface area contributed by atoms with E-state index in [4.69, 9.17) is 9.53 Å². The predicted octanol–water partition coefficient (Wildman–Crippen LogP) is 1.19. The van der Waals surface area contributed by atoms with Gasteiger partial charge >= 0.3 is 5.97 Å². The highest BCUT2D eigenvalue weighted by Crippen LogP contribution is 2.17. The number of likely N-dealkylation sites (N-methyl/N-ethyl adjacent to an activating group) is 1. The first-order valence-corrected chi connectivity index (χ1v) is 12.4. The minimum absolute atomic E-state index is 0.000404. The van der Waals surface area contributed by atoms with Gasteiger partial charge in [0, 0.05) is 18.6 Å². The monoisotopic (exact) mass is 540 g/mol. The van der Waals surface area contributed by atoms with Crippen LogP contribution in [0.1, 0.15) is 52.4 Å². The molecule has 208 valence electrons. The molecule has 0 unspecified atom stereocenters. The second kappa shape index (κ2) is 23.7. The standard InChI is InChI=1S/C10H18N2O5.C9H16N2O5S.CH2O/c1-2-11-6-3-5-9(11)10(13)16-7-4-8-17-12(14)15;1-2-6-17-9(13)7-10-8(12)4-3-5-16-11(14)15;1-2/h9H,2-8H2,1H3;2-7H2,1H3,(H,10,12);1H2/t9-;;/m0../s1. The molecule has 1 atom stereocenters. The van der Waals surface area contributed by atoms with Gasteiger partial charge in [-0.15, -0.1) is 20.2 Å². The summed E-state index contributed by atoms with van der Waals surface area (Å²) in [7, 11) is 0. The number of nitrogens with one attached hydrogen (secondary N) is 1. The number of ether oxygens (including phenoxy) is 1. The molecular weight excluding hydrogens is 504 g/mol. The van der Waals surface area contributed by atoms with E-state index >= 15 is 0 Å². The lowest BCUT2D eigenvalue weighted by molar-refractivity contribution is -0.757. The van der Waals surface area contributed by atoms with Crippen LogP contribution in [0.3, 0.4) is 0 Å². The molecule has 15 nitrogen and oxygen atoms in total.